The van der Waals surface area contributed by atoms with Crippen molar-refractivity contribution in [1.82, 2.24) is 10.2 Å². The standard InChI is InChI=1S/C10H8N4O2S/c11-9-5-6-10(13-12-9)17-8-4-2-1-3-7(8)14(15)16/h1-6H,(H2,11,12). The minimum Gasteiger partial charge on any atom is -0.382 e. The van der Waals surface area contributed by atoms with E-state index >= 15 is 0 Å². The highest BCUT2D eigenvalue weighted by Crippen LogP contribution is 2.33. The van der Waals surface area contributed by atoms with Gasteiger partial charge in [-0.1, -0.05) is 23.9 Å². The van der Waals surface area contributed by atoms with Crippen LogP contribution in [0, 0.1) is 10.1 Å². The van der Waals surface area contributed by atoms with Crippen molar-refractivity contribution in [3.05, 3.63) is 46.5 Å². The lowest BCUT2D eigenvalue weighted by molar-refractivity contribution is -0.387. The molecule has 86 valence electrons. The fourth-order valence-corrected chi connectivity index (χ4v) is 2.03. The van der Waals surface area contributed by atoms with Gasteiger partial charge in [-0.05, 0) is 18.2 Å². The highest BCUT2D eigenvalue weighted by atomic mass is 32.2. The van der Waals surface area contributed by atoms with Crippen LogP contribution in [-0.4, -0.2) is 15.1 Å². The fourth-order valence-electron chi connectivity index (χ4n) is 1.19. The number of nitrogens with two attached hydrogens (primary N) is 1. The largest absolute Gasteiger partial charge is 0.382 e. The van der Waals surface area contributed by atoms with E-state index in [0.29, 0.717) is 15.7 Å². The lowest BCUT2D eigenvalue weighted by Crippen LogP contribution is -1.94. The zero-order chi connectivity index (χ0) is 12.3. The summed E-state index contributed by atoms with van der Waals surface area (Å²) in [6, 6.07) is 9.75. The van der Waals surface area contributed by atoms with E-state index in [1.165, 1.54) is 17.8 Å². The monoisotopic (exact) mass is 248 g/mol. The lowest BCUT2D eigenvalue weighted by atomic mass is 10.3. The Labute approximate surface area is 101 Å². The molecule has 6 nitrogen and oxygen atoms in total. The second kappa shape index (κ2) is 4.79. The molecule has 0 bridgehead atoms. The van der Waals surface area contributed by atoms with Crippen LogP contribution in [0.1, 0.15) is 0 Å². The molecular formula is C10H8N4O2S. The molecular weight excluding hydrogens is 240 g/mol. The van der Waals surface area contributed by atoms with Gasteiger partial charge in [0, 0.05) is 6.07 Å². The van der Waals surface area contributed by atoms with Crippen LogP contribution in [0.2, 0.25) is 0 Å². The zero-order valence-corrected chi connectivity index (χ0v) is 9.42. The van der Waals surface area contributed by atoms with Gasteiger partial charge in [-0.15, -0.1) is 10.2 Å². The van der Waals surface area contributed by atoms with Crippen molar-refractivity contribution >= 4 is 23.3 Å². The smallest absolute Gasteiger partial charge is 0.283 e. The van der Waals surface area contributed by atoms with Crippen molar-refractivity contribution in [3.63, 3.8) is 0 Å². The quantitative estimate of drug-likeness (QED) is 0.660. The van der Waals surface area contributed by atoms with Crippen LogP contribution in [0.25, 0.3) is 0 Å². The number of anilines is 1. The molecule has 0 amide bonds. The maximum Gasteiger partial charge on any atom is 0.283 e. The molecule has 2 N–H and O–H groups in total. The summed E-state index contributed by atoms with van der Waals surface area (Å²) in [5, 5.41) is 18.9. The molecule has 0 saturated heterocycles. The maximum absolute atomic E-state index is 10.8. The van der Waals surface area contributed by atoms with Gasteiger partial charge in [0.2, 0.25) is 0 Å². The molecule has 1 heterocycles. The number of rotatable bonds is 3. The Morgan fingerprint density at radius 1 is 1.18 bits per heavy atom. The molecule has 0 aliphatic rings. The van der Waals surface area contributed by atoms with Gasteiger partial charge in [0.1, 0.15) is 10.8 Å². The Balaban J connectivity index is 2.30. The van der Waals surface area contributed by atoms with Gasteiger partial charge in [-0.25, -0.2) is 0 Å². The van der Waals surface area contributed by atoms with Crippen molar-refractivity contribution in [2.75, 3.05) is 5.73 Å². The van der Waals surface area contributed by atoms with E-state index in [0.717, 1.165) is 0 Å². The number of nitrogens with zero attached hydrogens (tertiary/aromatic N) is 3. The topological polar surface area (TPSA) is 94.9 Å². The van der Waals surface area contributed by atoms with E-state index in [1.54, 1.807) is 30.3 Å². The molecule has 17 heavy (non-hydrogen) atoms. The third-order valence-electron chi connectivity index (χ3n) is 1.94. The summed E-state index contributed by atoms with van der Waals surface area (Å²) in [6.45, 7) is 0. The van der Waals surface area contributed by atoms with Crippen LogP contribution in [0.4, 0.5) is 11.5 Å². The number of nitro groups is 1. The van der Waals surface area contributed by atoms with Gasteiger partial charge in [0.15, 0.2) is 0 Å². The number of nitro benzene ring substituents is 1. The molecule has 0 spiro atoms. The summed E-state index contributed by atoms with van der Waals surface area (Å²) in [7, 11) is 0. The van der Waals surface area contributed by atoms with Crippen LogP contribution in [-0.2, 0) is 0 Å². The maximum atomic E-state index is 10.8. The van der Waals surface area contributed by atoms with Crippen LogP contribution in [0.15, 0.2) is 46.3 Å². The SMILES string of the molecule is Nc1ccc(Sc2ccccc2[N+](=O)[O-])nn1. The highest BCUT2D eigenvalue weighted by molar-refractivity contribution is 7.99. The number of aromatic nitrogens is 2. The summed E-state index contributed by atoms with van der Waals surface area (Å²) < 4.78 is 0. The summed E-state index contributed by atoms with van der Waals surface area (Å²) in [5.74, 6) is 0.317. The van der Waals surface area contributed by atoms with Crippen LogP contribution >= 0.6 is 11.8 Å². The first kappa shape index (κ1) is 11.3. The minimum atomic E-state index is -0.424. The van der Waals surface area contributed by atoms with Gasteiger partial charge >= 0.3 is 0 Å². The number of hydrogen-bond donors (Lipinski definition) is 1. The average Bonchev–Trinajstić information content (AvgIpc) is 2.32. The molecule has 0 aliphatic heterocycles. The van der Waals surface area contributed by atoms with E-state index < -0.39 is 4.92 Å². The van der Waals surface area contributed by atoms with Crippen molar-refractivity contribution in [2.24, 2.45) is 0 Å². The van der Waals surface area contributed by atoms with Gasteiger partial charge < -0.3 is 5.73 Å². The van der Waals surface area contributed by atoms with Crippen LogP contribution in [0.5, 0.6) is 0 Å². The molecule has 0 radical (unpaired) electrons. The summed E-state index contributed by atoms with van der Waals surface area (Å²) >= 11 is 1.18. The molecule has 0 saturated carbocycles. The first-order chi connectivity index (χ1) is 8.16. The molecule has 0 unspecified atom stereocenters. The number of benzene rings is 1. The number of hydrogen-bond acceptors (Lipinski definition) is 6. The van der Waals surface area contributed by atoms with E-state index in [1.807, 2.05) is 0 Å². The van der Waals surface area contributed by atoms with Crippen molar-refractivity contribution in [1.29, 1.82) is 0 Å². The van der Waals surface area contributed by atoms with Crippen LogP contribution in [0.3, 0.4) is 0 Å². The van der Waals surface area contributed by atoms with Crippen molar-refractivity contribution in [2.45, 2.75) is 9.92 Å². The van der Waals surface area contributed by atoms with E-state index in [9.17, 15) is 10.1 Å². The van der Waals surface area contributed by atoms with E-state index in [2.05, 4.69) is 10.2 Å². The molecule has 2 aromatic rings. The molecule has 0 atom stereocenters. The van der Waals surface area contributed by atoms with E-state index in [-0.39, 0.29) is 5.69 Å². The third-order valence-corrected chi connectivity index (χ3v) is 2.93. The molecule has 1 aromatic carbocycles. The molecule has 2 rings (SSSR count). The predicted octanol–water partition coefficient (Wildman–Crippen LogP) is 2.12. The molecule has 1 aromatic heterocycles. The number of para-hydroxylation sites is 1. The Bertz CT molecular complexity index is 544. The Hall–Kier alpha value is -2.15. The van der Waals surface area contributed by atoms with Gasteiger partial charge in [0.05, 0.1) is 9.82 Å². The highest BCUT2D eigenvalue weighted by Gasteiger charge is 2.13. The second-order valence-electron chi connectivity index (χ2n) is 3.12. The van der Waals surface area contributed by atoms with Gasteiger partial charge in [-0.3, -0.25) is 10.1 Å². The van der Waals surface area contributed by atoms with Crippen LogP contribution < -0.4 is 5.73 Å². The average molecular weight is 248 g/mol. The minimum absolute atomic E-state index is 0.0520. The lowest BCUT2D eigenvalue weighted by Gasteiger charge is -2.01. The first-order valence-electron chi connectivity index (χ1n) is 4.67. The Kier molecular flexibility index (Phi) is 3.20. The predicted molar refractivity (Wildman–Crippen MR) is 63.7 cm³/mol. The summed E-state index contributed by atoms with van der Waals surface area (Å²) in [6.07, 6.45) is 0. The third kappa shape index (κ3) is 2.70. The summed E-state index contributed by atoms with van der Waals surface area (Å²) in [4.78, 5) is 10.9. The first-order valence-corrected chi connectivity index (χ1v) is 5.49. The number of nitrogen functional groups attached to an aromatic ring is 1. The van der Waals surface area contributed by atoms with Crippen molar-refractivity contribution < 1.29 is 4.92 Å². The molecule has 7 heteroatoms. The molecule has 0 fully saturated rings. The van der Waals surface area contributed by atoms with E-state index in [4.69, 9.17) is 5.73 Å². The second-order valence-corrected chi connectivity index (χ2v) is 4.19. The zero-order valence-electron chi connectivity index (χ0n) is 8.61. The van der Waals surface area contributed by atoms with Gasteiger partial charge in [-0.2, -0.15) is 0 Å². The van der Waals surface area contributed by atoms with Gasteiger partial charge in [0.25, 0.3) is 5.69 Å². The molecule has 0 aliphatic carbocycles. The summed E-state index contributed by atoms with van der Waals surface area (Å²) in [5.41, 5.74) is 5.46. The fraction of sp³-hybridized carbons (Fsp3) is 0. The Morgan fingerprint density at radius 3 is 2.59 bits per heavy atom. The van der Waals surface area contributed by atoms with Crippen molar-refractivity contribution in [3.8, 4) is 0 Å². The normalized spacial score (nSPS) is 10.1. The Morgan fingerprint density at radius 2 is 1.94 bits per heavy atom.